The Labute approximate surface area is 81.7 Å². The average molecular weight is 195 g/mol. The minimum Gasteiger partial charge on any atom is -0.387 e. The van der Waals surface area contributed by atoms with Gasteiger partial charge in [0.05, 0.1) is 5.84 Å². The van der Waals surface area contributed by atoms with Crippen LogP contribution in [-0.4, -0.2) is 10.8 Å². The zero-order valence-electron chi connectivity index (χ0n) is 7.60. The van der Waals surface area contributed by atoms with E-state index in [1.165, 1.54) is 12.8 Å². The zero-order valence-corrected chi connectivity index (χ0v) is 8.42. The molecule has 0 aromatic carbocycles. The van der Waals surface area contributed by atoms with E-state index in [4.69, 9.17) is 5.73 Å². The summed E-state index contributed by atoms with van der Waals surface area (Å²) >= 11 is 1.63. The summed E-state index contributed by atoms with van der Waals surface area (Å²) in [7, 11) is 0. The van der Waals surface area contributed by atoms with Gasteiger partial charge in [-0.25, -0.2) is 4.98 Å². The van der Waals surface area contributed by atoms with E-state index in [1.54, 1.807) is 17.5 Å². The van der Waals surface area contributed by atoms with Crippen molar-refractivity contribution < 1.29 is 0 Å². The molecular formula is C9H13N3S. The number of hydrogen-bond acceptors (Lipinski definition) is 3. The number of rotatable bonds is 3. The van der Waals surface area contributed by atoms with Crippen LogP contribution in [0.2, 0.25) is 0 Å². The zero-order chi connectivity index (χ0) is 9.26. The molecule has 1 unspecified atom stereocenters. The molecule has 1 aromatic heterocycles. The highest BCUT2D eigenvalue weighted by atomic mass is 32.1. The van der Waals surface area contributed by atoms with Crippen molar-refractivity contribution in [2.24, 2.45) is 16.6 Å². The maximum absolute atomic E-state index is 5.81. The largest absolute Gasteiger partial charge is 0.387 e. The van der Waals surface area contributed by atoms with Crippen LogP contribution < -0.4 is 5.73 Å². The van der Waals surface area contributed by atoms with Gasteiger partial charge in [0.15, 0.2) is 0 Å². The number of nitrogens with two attached hydrogens (primary N) is 1. The lowest BCUT2D eigenvalue weighted by Crippen LogP contribution is -2.15. The Kier molecular flexibility index (Phi) is 2.31. The van der Waals surface area contributed by atoms with Gasteiger partial charge < -0.3 is 5.73 Å². The minimum atomic E-state index is 0.126. The molecule has 1 aliphatic rings. The quantitative estimate of drug-likeness (QED) is 0.592. The van der Waals surface area contributed by atoms with Crippen molar-refractivity contribution in [3.05, 3.63) is 16.6 Å². The van der Waals surface area contributed by atoms with Crippen LogP contribution in [0.1, 0.15) is 30.8 Å². The molecule has 70 valence electrons. The maximum Gasteiger partial charge on any atom is 0.117 e. The Bertz CT molecular complexity index is 301. The van der Waals surface area contributed by atoms with Crippen molar-refractivity contribution in [3.8, 4) is 0 Å². The van der Waals surface area contributed by atoms with Gasteiger partial charge in [0.25, 0.3) is 0 Å². The molecule has 0 bridgehead atoms. The number of aliphatic imine (C=N–C) groups is 1. The van der Waals surface area contributed by atoms with Crippen LogP contribution in [0.4, 0.5) is 0 Å². The fraction of sp³-hybridized carbons (Fsp3) is 0.556. The summed E-state index contributed by atoms with van der Waals surface area (Å²) in [5.41, 5.74) is 5.81. The van der Waals surface area contributed by atoms with Gasteiger partial charge in [0.2, 0.25) is 0 Å². The molecule has 0 saturated heterocycles. The van der Waals surface area contributed by atoms with E-state index < -0.39 is 0 Å². The molecule has 0 amide bonds. The molecule has 1 aliphatic carbocycles. The van der Waals surface area contributed by atoms with Gasteiger partial charge in [-0.3, -0.25) is 4.99 Å². The Morgan fingerprint density at radius 3 is 3.08 bits per heavy atom. The van der Waals surface area contributed by atoms with Crippen LogP contribution >= 0.6 is 11.3 Å². The molecule has 0 aliphatic heterocycles. The summed E-state index contributed by atoms with van der Waals surface area (Å²) in [5, 5.41) is 3.01. The van der Waals surface area contributed by atoms with E-state index >= 15 is 0 Å². The lowest BCUT2D eigenvalue weighted by molar-refractivity contribution is 0.798. The van der Waals surface area contributed by atoms with Crippen LogP contribution in [0.3, 0.4) is 0 Å². The van der Waals surface area contributed by atoms with Gasteiger partial charge in [-0.1, -0.05) is 0 Å². The van der Waals surface area contributed by atoms with Crippen molar-refractivity contribution in [3.63, 3.8) is 0 Å². The van der Waals surface area contributed by atoms with E-state index in [9.17, 15) is 0 Å². The normalized spacial score (nSPS) is 20.2. The molecule has 1 saturated carbocycles. The van der Waals surface area contributed by atoms with Gasteiger partial charge in [-0.15, -0.1) is 11.3 Å². The number of hydrogen-bond donors (Lipinski definition) is 1. The second-order valence-electron chi connectivity index (χ2n) is 3.37. The first-order chi connectivity index (χ1) is 6.27. The average Bonchev–Trinajstić information content (AvgIpc) is 2.81. The fourth-order valence-corrected chi connectivity index (χ4v) is 1.84. The topological polar surface area (TPSA) is 51.3 Å². The van der Waals surface area contributed by atoms with Crippen molar-refractivity contribution in [1.29, 1.82) is 0 Å². The third kappa shape index (κ3) is 2.06. The molecule has 1 fully saturated rings. The lowest BCUT2D eigenvalue weighted by atomic mass is 10.3. The predicted octanol–water partition coefficient (Wildman–Crippen LogP) is 1.97. The number of thiazole rings is 1. The van der Waals surface area contributed by atoms with E-state index in [-0.39, 0.29) is 6.04 Å². The minimum absolute atomic E-state index is 0.126. The highest BCUT2D eigenvalue weighted by Gasteiger charge is 2.26. The van der Waals surface area contributed by atoms with Crippen LogP contribution in [0, 0.1) is 5.92 Å². The highest BCUT2D eigenvalue weighted by molar-refractivity contribution is 7.09. The molecule has 13 heavy (non-hydrogen) atoms. The monoisotopic (exact) mass is 195 g/mol. The summed E-state index contributed by atoms with van der Waals surface area (Å²) in [4.78, 5) is 8.63. The number of aromatic nitrogens is 1. The van der Waals surface area contributed by atoms with Gasteiger partial charge in [0, 0.05) is 17.5 Å². The predicted molar refractivity (Wildman–Crippen MR) is 54.9 cm³/mol. The van der Waals surface area contributed by atoms with Gasteiger partial charge in [-0.2, -0.15) is 0 Å². The first-order valence-corrected chi connectivity index (χ1v) is 5.38. The van der Waals surface area contributed by atoms with Crippen LogP contribution in [0.5, 0.6) is 0 Å². The molecule has 4 heteroatoms. The molecule has 2 N–H and O–H groups in total. The molecule has 1 atom stereocenters. The summed E-state index contributed by atoms with van der Waals surface area (Å²) in [6, 6.07) is 0.126. The first-order valence-electron chi connectivity index (χ1n) is 4.50. The molecular weight excluding hydrogens is 182 g/mol. The van der Waals surface area contributed by atoms with Gasteiger partial charge in [-0.05, 0) is 19.8 Å². The third-order valence-electron chi connectivity index (χ3n) is 2.15. The Hall–Kier alpha value is -0.900. The molecule has 1 aromatic rings. The van der Waals surface area contributed by atoms with E-state index in [0.29, 0.717) is 5.92 Å². The second-order valence-corrected chi connectivity index (χ2v) is 4.30. The Morgan fingerprint density at radius 2 is 2.54 bits per heavy atom. The molecule has 1 heterocycles. The summed E-state index contributed by atoms with van der Waals surface area (Å²) < 4.78 is 0. The SMILES string of the molecule is CC(N=C(N)C1CC1)c1nccs1. The summed E-state index contributed by atoms with van der Waals surface area (Å²) in [5.74, 6) is 1.37. The van der Waals surface area contributed by atoms with Crippen molar-refractivity contribution in [2.45, 2.75) is 25.8 Å². The van der Waals surface area contributed by atoms with Crippen molar-refractivity contribution in [1.82, 2.24) is 4.98 Å². The van der Waals surface area contributed by atoms with Gasteiger partial charge >= 0.3 is 0 Å². The molecule has 2 rings (SSSR count). The first kappa shape index (κ1) is 8.69. The Balaban J connectivity index is 2.05. The maximum atomic E-state index is 5.81. The van der Waals surface area contributed by atoms with E-state index in [0.717, 1.165) is 10.8 Å². The standard InChI is InChI=1S/C9H13N3S/c1-6(9-11-4-5-13-9)12-8(10)7-2-3-7/h4-7H,2-3H2,1H3,(H2,10,12). The second kappa shape index (κ2) is 3.46. The number of amidine groups is 1. The van der Waals surface area contributed by atoms with Crippen LogP contribution in [0.25, 0.3) is 0 Å². The molecule has 0 radical (unpaired) electrons. The van der Waals surface area contributed by atoms with Crippen molar-refractivity contribution >= 4 is 17.2 Å². The summed E-state index contributed by atoms with van der Waals surface area (Å²) in [6.45, 7) is 2.04. The third-order valence-corrected chi connectivity index (χ3v) is 3.09. The smallest absolute Gasteiger partial charge is 0.117 e. The van der Waals surface area contributed by atoms with Gasteiger partial charge in [0.1, 0.15) is 11.0 Å². The van der Waals surface area contributed by atoms with Crippen LogP contribution in [0.15, 0.2) is 16.6 Å². The van der Waals surface area contributed by atoms with Crippen molar-refractivity contribution in [2.75, 3.05) is 0 Å². The fourth-order valence-electron chi connectivity index (χ4n) is 1.20. The summed E-state index contributed by atoms with van der Waals surface area (Å²) in [6.07, 6.45) is 4.22. The number of nitrogens with zero attached hydrogens (tertiary/aromatic N) is 2. The van der Waals surface area contributed by atoms with Crippen LogP contribution in [-0.2, 0) is 0 Å². The molecule has 0 spiro atoms. The highest BCUT2D eigenvalue weighted by Crippen LogP contribution is 2.30. The van der Waals surface area contributed by atoms with E-state index in [1.807, 2.05) is 12.3 Å². The molecule has 3 nitrogen and oxygen atoms in total. The Morgan fingerprint density at radius 1 is 1.77 bits per heavy atom. The van der Waals surface area contributed by atoms with E-state index in [2.05, 4.69) is 9.98 Å². The lowest BCUT2D eigenvalue weighted by Gasteiger charge is -2.03.